The van der Waals surface area contributed by atoms with Gasteiger partial charge >= 0.3 is 5.97 Å². The molecule has 3 aromatic rings. The van der Waals surface area contributed by atoms with Crippen molar-refractivity contribution in [3.05, 3.63) is 95.8 Å². The Balaban J connectivity index is 1.87. The zero-order chi connectivity index (χ0) is 19.8. The highest BCUT2D eigenvalue weighted by molar-refractivity contribution is 6.03. The SMILES string of the molecule is CCOC(=O)c1ccccc1NC(=O)C(Cc1cccnc1)c1ccccc1. The third-order valence-corrected chi connectivity index (χ3v) is 4.36. The monoisotopic (exact) mass is 374 g/mol. The van der Waals surface area contributed by atoms with Gasteiger partial charge in [0.1, 0.15) is 0 Å². The number of pyridine rings is 1. The zero-order valence-electron chi connectivity index (χ0n) is 15.7. The lowest BCUT2D eigenvalue weighted by atomic mass is 9.91. The Morgan fingerprint density at radius 1 is 1.00 bits per heavy atom. The van der Waals surface area contributed by atoms with Crippen molar-refractivity contribution in [1.29, 1.82) is 0 Å². The van der Waals surface area contributed by atoms with Crippen LogP contribution in [0.15, 0.2) is 79.1 Å². The number of rotatable bonds is 7. The summed E-state index contributed by atoms with van der Waals surface area (Å²) in [6.07, 6.45) is 3.97. The van der Waals surface area contributed by atoms with E-state index in [1.54, 1.807) is 43.6 Å². The molecule has 1 aromatic heterocycles. The number of nitrogens with one attached hydrogen (secondary N) is 1. The fourth-order valence-corrected chi connectivity index (χ4v) is 3.00. The molecule has 0 aliphatic rings. The van der Waals surface area contributed by atoms with Crippen molar-refractivity contribution in [3.8, 4) is 0 Å². The summed E-state index contributed by atoms with van der Waals surface area (Å²) >= 11 is 0. The predicted octanol–water partition coefficient (Wildman–Crippen LogP) is 4.22. The molecule has 1 atom stereocenters. The molecule has 0 saturated carbocycles. The molecule has 0 aliphatic carbocycles. The smallest absolute Gasteiger partial charge is 0.340 e. The van der Waals surface area contributed by atoms with E-state index < -0.39 is 11.9 Å². The first-order valence-electron chi connectivity index (χ1n) is 9.20. The van der Waals surface area contributed by atoms with Crippen LogP contribution in [-0.2, 0) is 16.0 Å². The summed E-state index contributed by atoms with van der Waals surface area (Å²) in [4.78, 5) is 29.5. The van der Waals surface area contributed by atoms with Crippen LogP contribution >= 0.6 is 0 Å². The van der Waals surface area contributed by atoms with Gasteiger partial charge in [0.25, 0.3) is 0 Å². The Hall–Kier alpha value is -3.47. The molecule has 2 aromatic carbocycles. The number of hydrogen-bond acceptors (Lipinski definition) is 4. The lowest BCUT2D eigenvalue weighted by molar-refractivity contribution is -0.117. The highest BCUT2D eigenvalue weighted by atomic mass is 16.5. The maximum absolute atomic E-state index is 13.2. The van der Waals surface area contributed by atoms with E-state index in [-0.39, 0.29) is 12.5 Å². The molecule has 1 unspecified atom stereocenters. The average molecular weight is 374 g/mol. The number of benzene rings is 2. The molecule has 1 heterocycles. The van der Waals surface area contributed by atoms with E-state index in [4.69, 9.17) is 4.74 Å². The first-order chi connectivity index (χ1) is 13.7. The van der Waals surface area contributed by atoms with Gasteiger partial charge in [-0.3, -0.25) is 9.78 Å². The van der Waals surface area contributed by atoms with Gasteiger partial charge in [0.2, 0.25) is 5.91 Å². The molecule has 28 heavy (non-hydrogen) atoms. The molecule has 142 valence electrons. The van der Waals surface area contributed by atoms with Crippen LogP contribution in [0.4, 0.5) is 5.69 Å². The van der Waals surface area contributed by atoms with Crippen LogP contribution in [0.2, 0.25) is 0 Å². The van der Waals surface area contributed by atoms with Crippen LogP contribution in [0.1, 0.15) is 34.3 Å². The van der Waals surface area contributed by atoms with Crippen molar-refractivity contribution in [2.24, 2.45) is 0 Å². The minimum absolute atomic E-state index is 0.188. The minimum atomic E-state index is -0.457. The molecule has 0 spiro atoms. The standard InChI is InChI=1S/C23H22N2O3/c1-2-28-23(27)19-12-6-7-13-21(19)25-22(26)20(18-10-4-3-5-11-18)15-17-9-8-14-24-16-17/h3-14,16,20H,2,15H2,1H3,(H,25,26). The summed E-state index contributed by atoms with van der Waals surface area (Å²) in [6, 6.07) is 20.3. The molecule has 3 rings (SSSR count). The van der Waals surface area contributed by atoms with Gasteiger partial charge in [-0.1, -0.05) is 48.5 Å². The van der Waals surface area contributed by atoms with Crippen LogP contribution in [0, 0.1) is 0 Å². The molecule has 1 amide bonds. The summed E-state index contributed by atoms with van der Waals surface area (Å²) in [5.74, 6) is -1.06. The number of anilines is 1. The number of para-hydroxylation sites is 1. The molecule has 0 radical (unpaired) electrons. The lowest BCUT2D eigenvalue weighted by Crippen LogP contribution is -2.24. The van der Waals surface area contributed by atoms with Gasteiger partial charge in [-0.2, -0.15) is 0 Å². The van der Waals surface area contributed by atoms with E-state index in [1.165, 1.54) is 0 Å². The van der Waals surface area contributed by atoms with Crippen molar-refractivity contribution in [1.82, 2.24) is 4.98 Å². The quantitative estimate of drug-likeness (QED) is 0.629. The molecular weight excluding hydrogens is 352 g/mol. The highest BCUT2D eigenvalue weighted by Gasteiger charge is 2.23. The second-order valence-corrected chi connectivity index (χ2v) is 6.28. The molecule has 0 saturated heterocycles. The average Bonchev–Trinajstić information content (AvgIpc) is 2.74. The summed E-state index contributed by atoms with van der Waals surface area (Å²) in [5.41, 5.74) is 2.65. The Bertz CT molecular complexity index is 927. The van der Waals surface area contributed by atoms with Crippen LogP contribution < -0.4 is 5.32 Å². The summed E-state index contributed by atoms with van der Waals surface area (Å²) < 4.78 is 5.09. The van der Waals surface area contributed by atoms with Gasteiger partial charge in [0.15, 0.2) is 0 Å². The van der Waals surface area contributed by atoms with E-state index in [0.717, 1.165) is 11.1 Å². The Morgan fingerprint density at radius 2 is 1.75 bits per heavy atom. The zero-order valence-corrected chi connectivity index (χ0v) is 15.7. The first-order valence-corrected chi connectivity index (χ1v) is 9.20. The van der Waals surface area contributed by atoms with Gasteiger partial charge in [0.05, 0.1) is 23.8 Å². The van der Waals surface area contributed by atoms with E-state index in [1.807, 2.05) is 42.5 Å². The van der Waals surface area contributed by atoms with Gasteiger partial charge < -0.3 is 10.1 Å². The number of nitrogens with zero attached hydrogens (tertiary/aromatic N) is 1. The number of carbonyl (C=O) groups is 2. The van der Waals surface area contributed by atoms with E-state index in [2.05, 4.69) is 10.3 Å². The second-order valence-electron chi connectivity index (χ2n) is 6.28. The fraction of sp³-hybridized carbons (Fsp3) is 0.174. The summed E-state index contributed by atoms with van der Waals surface area (Å²) in [5, 5.41) is 2.91. The number of ether oxygens (including phenoxy) is 1. The third-order valence-electron chi connectivity index (χ3n) is 4.36. The normalized spacial score (nSPS) is 11.5. The van der Waals surface area contributed by atoms with Gasteiger partial charge in [-0.25, -0.2) is 4.79 Å². The van der Waals surface area contributed by atoms with Crippen molar-refractivity contribution in [3.63, 3.8) is 0 Å². The molecule has 5 nitrogen and oxygen atoms in total. The Morgan fingerprint density at radius 3 is 2.46 bits per heavy atom. The first kappa shape index (κ1) is 19.3. The molecule has 0 aliphatic heterocycles. The van der Waals surface area contributed by atoms with Gasteiger partial charge in [0, 0.05) is 12.4 Å². The highest BCUT2D eigenvalue weighted by Crippen LogP contribution is 2.24. The van der Waals surface area contributed by atoms with Crippen molar-refractivity contribution >= 4 is 17.6 Å². The summed E-state index contributed by atoms with van der Waals surface area (Å²) in [7, 11) is 0. The Kier molecular flexibility index (Phi) is 6.52. The molecule has 0 fully saturated rings. The predicted molar refractivity (Wildman–Crippen MR) is 108 cm³/mol. The third kappa shape index (κ3) is 4.82. The topological polar surface area (TPSA) is 68.3 Å². The Labute approximate surface area is 164 Å². The maximum Gasteiger partial charge on any atom is 0.340 e. The number of aromatic nitrogens is 1. The molecule has 5 heteroatoms. The summed E-state index contributed by atoms with van der Waals surface area (Å²) in [6.45, 7) is 2.02. The number of esters is 1. The van der Waals surface area contributed by atoms with E-state index in [0.29, 0.717) is 17.7 Å². The van der Waals surface area contributed by atoms with Crippen LogP contribution in [-0.4, -0.2) is 23.5 Å². The maximum atomic E-state index is 13.2. The number of hydrogen-bond donors (Lipinski definition) is 1. The van der Waals surface area contributed by atoms with Crippen molar-refractivity contribution in [2.45, 2.75) is 19.3 Å². The molecule has 1 N–H and O–H groups in total. The number of carbonyl (C=O) groups excluding carboxylic acids is 2. The second kappa shape index (κ2) is 9.46. The lowest BCUT2D eigenvalue weighted by Gasteiger charge is -2.18. The van der Waals surface area contributed by atoms with Crippen LogP contribution in [0.3, 0.4) is 0 Å². The van der Waals surface area contributed by atoms with Crippen LogP contribution in [0.5, 0.6) is 0 Å². The van der Waals surface area contributed by atoms with Crippen molar-refractivity contribution in [2.75, 3.05) is 11.9 Å². The molecular formula is C23H22N2O3. The van der Waals surface area contributed by atoms with E-state index in [9.17, 15) is 9.59 Å². The number of amides is 1. The van der Waals surface area contributed by atoms with E-state index >= 15 is 0 Å². The van der Waals surface area contributed by atoms with Crippen molar-refractivity contribution < 1.29 is 14.3 Å². The largest absolute Gasteiger partial charge is 0.462 e. The van der Waals surface area contributed by atoms with Gasteiger partial charge in [-0.15, -0.1) is 0 Å². The van der Waals surface area contributed by atoms with Gasteiger partial charge in [-0.05, 0) is 42.7 Å². The van der Waals surface area contributed by atoms with Crippen LogP contribution in [0.25, 0.3) is 0 Å². The minimum Gasteiger partial charge on any atom is -0.462 e. The fourth-order valence-electron chi connectivity index (χ4n) is 3.00. The molecule has 0 bridgehead atoms.